The number of hydrogen-bond acceptors (Lipinski definition) is 5. The second-order valence-electron chi connectivity index (χ2n) is 2.95. The average Bonchev–Trinajstić information content (AvgIpc) is 2.30. The first-order chi connectivity index (χ1) is 7.22. The van der Waals surface area contributed by atoms with Crippen LogP contribution in [0.15, 0.2) is 18.3 Å². The predicted molar refractivity (Wildman–Crippen MR) is 54.6 cm³/mol. The van der Waals surface area contributed by atoms with Crippen molar-refractivity contribution in [2.24, 2.45) is 5.73 Å². The third-order valence-electron chi connectivity index (χ3n) is 2.09. The first-order valence-electron chi connectivity index (χ1n) is 4.50. The number of hydrogen-bond donors (Lipinski definition) is 1. The van der Waals surface area contributed by atoms with Crippen LogP contribution in [0.25, 0.3) is 0 Å². The lowest BCUT2D eigenvalue weighted by molar-refractivity contribution is -0.142. The van der Waals surface area contributed by atoms with Gasteiger partial charge in [-0.05, 0) is 5.56 Å². The van der Waals surface area contributed by atoms with E-state index in [1.165, 1.54) is 14.2 Å². The lowest BCUT2D eigenvalue weighted by Gasteiger charge is -2.12. The zero-order valence-electron chi connectivity index (χ0n) is 8.77. The Morgan fingerprint density at radius 3 is 2.67 bits per heavy atom. The summed E-state index contributed by atoms with van der Waals surface area (Å²) in [5.74, 6) is -0.322. The number of nitrogens with zero attached hydrogens (tertiary/aromatic N) is 1. The largest absolute Gasteiger partial charge is 0.481 e. The van der Waals surface area contributed by atoms with E-state index >= 15 is 0 Å². The summed E-state index contributed by atoms with van der Waals surface area (Å²) in [6.07, 6.45) is 1.56. The molecule has 0 bridgehead atoms. The van der Waals surface area contributed by atoms with Crippen molar-refractivity contribution >= 4 is 5.97 Å². The molecule has 5 nitrogen and oxygen atoms in total. The fraction of sp³-hybridized carbons (Fsp3) is 0.400. The Bertz CT molecular complexity index is 324. The molecule has 0 spiro atoms. The van der Waals surface area contributed by atoms with Crippen LogP contribution in [0.5, 0.6) is 5.88 Å². The summed E-state index contributed by atoms with van der Waals surface area (Å²) in [6.45, 7) is 0.195. The molecule has 0 aliphatic carbocycles. The van der Waals surface area contributed by atoms with Crippen LogP contribution in [0.1, 0.15) is 11.5 Å². The van der Waals surface area contributed by atoms with Gasteiger partial charge in [0, 0.05) is 18.8 Å². The summed E-state index contributed by atoms with van der Waals surface area (Å²) in [7, 11) is 2.87. The summed E-state index contributed by atoms with van der Waals surface area (Å²) in [4.78, 5) is 15.3. The molecule has 1 aromatic heterocycles. The molecule has 0 fully saturated rings. The number of aromatic nitrogens is 1. The molecule has 82 valence electrons. The van der Waals surface area contributed by atoms with Gasteiger partial charge in [0.05, 0.1) is 20.1 Å². The maximum absolute atomic E-state index is 11.3. The zero-order chi connectivity index (χ0) is 11.3. The molecule has 0 saturated carbocycles. The predicted octanol–water partition coefficient (Wildman–Crippen LogP) is 0.305. The Morgan fingerprint density at radius 2 is 2.27 bits per heavy atom. The highest BCUT2D eigenvalue weighted by Gasteiger charge is 2.19. The Balaban J connectivity index is 2.87. The number of carbonyl (C=O) groups is 1. The van der Waals surface area contributed by atoms with Gasteiger partial charge in [-0.2, -0.15) is 0 Å². The number of carbonyl (C=O) groups excluding carboxylic acids is 1. The van der Waals surface area contributed by atoms with E-state index in [0.717, 1.165) is 5.56 Å². The van der Waals surface area contributed by atoms with Gasteiger partial charge in [-0.1, -0.05) is 6.07 Å². The molecule has 0 aliphatic rings. The van der Waals surface area contributed by atoms with E-state index in [0.29, 0.717) is 5.88 Å². The lowest BCUT2D eigenvalue weighted by Crippen LogP contribution is -2.22. The number of nitrogens with two attached hydrogens (primary N) is 1. The molecule has 1 heterocycles. The van der Waals surface area contributed by atoms with Crippen LogP contribution in [0.2, 0.25) is 0 Å². The third kappa shape index (κ3) is 2.66. The highest BCUT2D eigenvalue weighted by Crippen LogP contribution is 2.17. The first kappa shape index (κ1) is 11.5. The van der Waals surface area contributed by atoms with Crippen molar-refractivity contribution < 1.29 is 14.3 Å². The molecule has 0 aromatic carbocycles. The average molecular weight is 210 g/mol. The van der Waals surface area contributed by atoms with Gasteiger partial charge in [-0.15, -0.1) is 0 Å². The molecule has 1 unspecified atom stereocenters. The molecular formula is C10H14N2O3. The van der Waals surface area contributed by atoms with Gasteiger partial charge in [0.15, 0.2) is 0 Å². The van der Waals surface area contributed by atoms with Crippen molar-refractivity contribution in [3.05, 3.63) is 23.9 Å². The van der Waals surface area contributed by atoms with Crippen molar-refractivity contribution in [1.29, 1.82) is 0 Å². The molecule has 0 aliphatic heterocycles. The van der Waals surface area contributed by atoms with Gasteiger partial charge in [0.25, 0.3) is 0 Å². The quantitative estimate of drug-likeness (QED) is 0.724. The Hall–Kier alpha value is -1.62. The smallest absolute Gasteiger partial charge is 0.314 e. The van der Waals surface area contributed by atoms with Gasteiger partial charge in [0.1, 0.15) is 0 Å². The molecule has 0 amide bonds. The normalized spacial score (nSPS) is 11.9. The first-order valence-corrected chi connectivity index (χ1v) is 4.50. The van der Waals surface area contributed by atoms with E-state index in [2.05, 4.69) is 9.72 Å². The minimum absolute atomic E-state index is 0.195. The molecule has 1 atom stereocenters. The van der Waals surface area contributed by atoms with Gasteiger partial charge in [-0.25, -0.2) is 4.98 Å². The number of pyridine rings is 1. The molecular weight excluding hydrogens is 196 g/mol. The van der Waals surface area contributed by atoms with E-state index in [1.54, 1.807) is 18.3 Å². The number of ether oxygens (including phenoxy) is 2. The third-order valence-corrected chi connectivity index (χ3v) is 2.09. The van der Waals surface area contributed by atoms with Gasteiger partial charge in [0.2, 0.25) is 5.88 Å². The van der Waals surface area contributed by atoms with Gasteiger partial charge < -0.3 is 15.2 Å². The fourth-order valence-corrected chi connectivity index (χ4v) is 1.23. The molecule has 1 rings (SSSR count). The molecule has 15 heavy (non-hydrogen) atoms. The minimum atomic E-state index is -0.464. The summed E-state index contributed by atoms with van der Waals surface area (Å²) in [6, 6.07) is 3.43. The fourth-order valence-electron chi connectivity index (χ4n) is 1.23. The maximum atomic E-state index is 11.3. The molecule has 0 radical (unpaired) electrons. The van der Waals surface area contributed by atoms with E-state index < -0.39 is 5.92 Å². The molecule has 2 N–H and O–H groups in total. The highest BCUT2D eigenvalue weighted by molar-refractivity contribution is 5.78. The Labute approximate surface area is 88.2 Å². The summed E-state index contributed by atoms with van der Waals surface area (Å²) in [5.41, 5.74) is 6.22. The van der Waals surface area contributed by atoms with Crippen LogP contribution in [-0.4, -0.2) is 31.7 Å². The van der Waals surface area contributed by atoms with E-state index in [-0.39, 0.29) is 12.5 Å². The van der Waals surface area contributed by atoms with Crippen molar-refractivity contribution in [3.8, 4) is 5.88 Å². The van der Waals surface area contributed by atoms with Crippen LogP contribution in [0.3, 0.4) is 0 Å². The topological polar surface area (TPSA) is 74.4 Å². The van der Waals surface area contributed by atoms with Gasteiger partial charge in [-0.3, -0.25) is 4.79 Å². The molecule has 5 heteroatoms. The maximum Gasteiger partial charge on any atom is 0.314 e. The highest BCUT2D eigenvalue weighted by atomic mass is 16.5. The van der Waals surface area contributed by atoms with Crippen LogP contribution in [0, 0.1) is 0 Å². The summed E-state index contributed by atoms with van der Waals surface area (Å²) in [5, 5.41) is 0. The summed E-state index contributed by atoms with van der Waals surface area (Å²) < 4.78 is 9.55. The van der Waals surface area contributed by atoms with Crippen molar-refractivity contribution in [2.45, 2.75) is 5.92 Å². The molecule has 1 aromatic rings. The monoisotopic (exact) mass is 210 g/mol. The van der Waals surface area contributed by atoms with Crippen LogP contribution >= 0.6 is 0 Å². The van der Waals surface area contributed by atoms with Gasteiger partial charge >= 0.3 is 5.97 Å². The zero-order valence-corrected chi connectivity index (χ0v) is 8.77. The lowest BCUT2D eigenvalue weighted by atomic mass is 10.0. The second kappa shape index (κ2) is 5.31. The van der Waals surface area contributed by atoms with Crippen LogP contribution < -0.4 is 10.5 Å². The second-order valence-corrected chi connectivity index (χ2v) is 2.95. The van der Waals surface area contributed by atoms with E-state index in [9.17, 15) is 4.79 Å². The van der Waals surface area contributed by atoms with Crippen LogP contribution in [-0.2, 0) is 9.53 Å². The summed E-state index contributed by atoms with van der Waals surface area (Å²) >= 11 is 0. The Kier molecular flexibility index (Phi) is 4.05. The van der Waals surface area contributed by atoms with E-state index in [4.69, 9.17) is 10.5 Å². The number of rotatable bonds is 4. The Morgan fingerprint density at radius 1 is 1.53 bits per heavy atom. The van der Waals surface area contributed by atoms with E-state index in [1.807, 2.05) is 0 Å². The standard InChI is InChI=1S/C10H14N2O3/c1-14-9-4-3-7(6-12-9)8(5-11)10(13)15-2/h3-4,6,8H,5,11H2,1-2H3. The minimum Gasteiger partial charge on any atom is -0.481 e. The molecule has 0 saturated heterocycles. The SMILES string of the molecule is COC(=O)C(CN)c1ccc(OC)nc1. The van der Waals surface area contributed by atoms with Crippen molar-refractivity contribution in [2.75, 3.05) is 20.8 Å². The number of methoxy groups -OCH3 is 2. The number of esters is 1. The van der Waals surface area contributed by atoms with Crippen LogP contribution in [0.4, 0.5) is 0 Å². The van der Waals surface area contributed by atoms with Crippen molar-refractivity contribution in [1.82, 2.24) is 4.98 Å². The van der Waals surface area contributed by atoms with Crippen molar-refractivity contribution in [3.63, 3.8) is 0 Å².